The largest absolute Gasteiger partial charge is 0.454 e. The van der Waals surface area contributed by atoms with E-state index in [0.29, 0.717) is 28.4 Å². The molecule has 0 saturated carbocycles. The van der Waals surface area contributed by atoms with Gasteiger partial charge in [-0.1, -0.05) is 6.07 Å². The summed E-state index contributed by atoms with van der Waals surface area (Å²) in [6, 6.07) is 10.9. The van der Waals surface area contributed by atoms with Gasteiger partial charge in [0.25, 0.3) is 0 Å². The van der Waals surface area contributed by atoms with Crippen LogP contribution < -0.4 is 4.74 Å². The third-order valence-corrected chi connectivity index (χ3v) is 3.81. The molecule has 0 aliphatic heterocycles. The second-order valence-corrected chi connectivity index (χ2v) is 5.78. The van der Waals surface area contributed by atoms with Crippen LogP contribution in [0.5, 0.6) is 11.5 Å². The van der Waals surface area contributed by atoms with Gasteiger partial charge in [0.2, 0.25) is 0 Å². The van der Waals surface area contributed by atoms with E-state index < -0.39 is 0 Å². The highest BCUT2D eigenvalue weighted by atomic mass is 16.5. The lowest BCUT2D eigenvalue weighted by atomic mass is 10.1. The van der Waals surface area contributed by atoms with E-state index in [9.17, 15) is 4.79 Å². The Balaban J connectivity index is 1.69. The fourth-order valence-corrected chi connectivity index (χ4v) is 2.66. The van der Waals surface area contributed by atoms with Crippen molar-refractivity contribution in [1.29, 1.82) is 0 Å². The minimum Gasteiger partial charge on any atom is -0.454 e. The highest BCUT2D eigenvalue weighted by Crippen LogP contribution is 2.24. The van der Waals surface area contributed by atoms with Crippen LogP contribution in [0.15, 0.2) is 61.3 Å². The zero-order valence-corrected chi connectivity index (χ0v) is 14.0. The molecule has 4 aromatic rings. The minimum atomic E-state index is -0.0993. The highest BCUT2D eigenvalue weighted by Gasteiger charge is 2.16. The molecule has 4 heterocycles. The maximum absolute atomic E-state index is 12.9. The SMILES string of the molecule is Cc1cccc(CC(=O)c2cc(Oc3cccnc3)cn3ncnc23)n1. The summed E-state index contributed by atoms with van der Waals surface area (Å²) in [5, 5.41) is 4.13. The first-order chi connectivity index (χ1) is 12.7. The number of aromatic nitrogens is 5. The fraction of sp³-hybridized carbons (Fsp3) is 0.105. The Kier molecular flexibility index (Phi) is 4.10. The lowest BCUT2D eigenvalue weighted by molar-refractivity contribution is 0.0992. The second-order valence-electron chi connectivity index (χ2n) is 5.78. The van der Waals surface area contributed by atoms with Crippen LogP contribution >= 0.6 is 0 Å². The molecular weight excluding hydrogens is 330 g/mol. The molecule has 0 radical (unpaired) electrons. The molecule has 0 N–H and O–H groups in total. The Labute approximate surface area is 149 Å². The zero-order valence-electron chi connectivity index (χ0n) is 14.0. The molecule has 7 nitrogen and oxygen atoms in total. The number of carbonyl (C=O) groups excluding carboxylic acids is 1. The predicted octanol–water partition coefficient (Wildman–Crippen LogP) is 3.05. The van der Waals surface area contributed by atoms with Crippen molar-refractivity contribution in [3.8, 4) is 11.5 Å². The molecule has 4 aromatic heterocycles. The number of ketones is 1. The van der Waals surface area contributed by atoms with E-state index in [0.717, 1.165) is 5.69 Å². The summed E-state index contributed by atoms with van der Waals surface area (Å²) in [7, 11) is 0. The molecule has 0 aliphatic carbocycles. The van der Waals surface area contributed by atoms with Crippen molar-refractivity contribution >= 4 is 11.4 Å². The molecule has 0 spiro atoms. The molecule has 128 valence electrons. The predicted molar refractivity (Wildman–Crippen MR) is 94.3 cm³/mol. The van der Waals surface area contributed by atoms with Crippen LogP contribution in [0, 0.1) is 6.92 Å². The standard InChI is InChI=1S/C19H15N5O2/c1-13-4-2-5-14(23-13)8-18(25)17-9-16(11-24-19(17)21-12-22-24)26-15-6-3-7-20-10-15/h2-7,9-12H,8H2,1H3. The molecule has 0 atom stereocenters. The van der Waals surface area contributed by atoms with Crippen molar-refractivity contribution in [2.75, 3.05) is 0 Å². The van der Waals surface area contributed by atoms with Crippen LogP contribution in [0.1, 0.15) is 21.7 Å². The monoisotopic (exact) mass is 345 g/mol. The van der Waals surface area contributed by atoms with Gasteiger partial charge in [0.05, 0.1) is 24.4 Å². The molecule has 0 aliphatic rings. The van der Waals surface area contributed by atoms with Crippen LogP contribution in [-0.2, 0) is 6.42 Å². The molecule has 26 heavy (non-hydrogen) atoms. The summed E-state index contributed by atoms with van der Waals surface area (Å²) in [5.41, 5.74) is 2.51. The lowest BCUT2D eigenvalue weighted by Crippen LogP contribution is -2.08. The number of nitrogens with zero attached hydrogens (tertiary/aromatic N) is 5. The average molecular weight is 345 g/mol. The number of fused-ring (bicyclic) bond motifs is 1. The molecule has 0 bridgehead atoms. The molecule has 0 fully saturated rings. The topological polar surface area (TPSA) is 82.3 Å². The Morgan fingerprint density at radius 1 is 1.19 bits per heavy atom. The first kappa shape index (κ1) is 15.9. The summed E-state index contributed by atoms with van der Waals surface area (Å²) in [6.45, 7) is 1.90. The quantitative estimate of drug-likeness (QED) is 0.517. The number of ether oxygens (including phenoxy) is 1. The fourth-order valence-electron chi connectivity index (χ4n) is 2.66. The van der Waals surface area contributed by atoms with Crippen LogP contribution in [0.2, 0.25) is 0 Å². The van der Waals surface area contributed by atoms with E-state index in [1.807, 2.05) is 25.1 Å². The van der Waals surface area contributed by atoms with Crippen molar-refractivity contribution in [3.63, 3.8) is 0 Å². The Bertz CT molecular complexity index is 1080. The Morgan fingerprint density at radius 2 is 2.12 bits per heavy atom. The van der Waals surface area contributed by atoms with E-state index in [1.54, 1.807) is 36.8 Å². The van der Waals surface area contributed by atoms with Gasteiger partial charge in [-0.15, -0.1) is 0 Å². The summed E-state index contributed by atoms with van der Waals surface area (Å²) in [5.74, 6) is 0.958. The second kappa shape index (κ2) is 6.72. The van der Waals surface area contributed by atoms with Gasteiger partial charge in [0, 0.05) is 17.6 Å². The first-order valence-electron chi connectivity index (χ1n) is 8.06. The van der Waals surface area contributed by atoms with Gasteiger partial charge in [0.15, 0.2) is 11.4 Å². The third-order valence-electron chi connectivity index (χ3n) is 3.81. The van der Waals surface area contributed by atoms with E-state index in [2.05, 4.69) is 20.1 Å². The van der Waals surface area contributed by atoms with Gasteiger partial charge in [-0.25, -0.2) is 9.50 Å². The number of pyridine rings is 3. The maximum atomic E-state index is 12.9. The van der Waals surface area contributed by atoms with E-state index >= 15 is 0 Å². The molecule has 0 amide bonds. The molecule has 4 rings (SSSR count). The number of carbonyl (C=O) groups is 1. The summed E-state index contributed by atoms with van der Waals surface area (Å²) in [4.78, 5) is 25.5. The van der Waals surface area contributed by atoms with Crippen molar-refractivity contribution in [1.82, 2.24) is 24.6 Å². The van der Waals surface area contributed by atoms with Crippen molar-refractivity contribution in [3.05, 3.63) is 78.3 Å². The molecule has 0 saturated heterocycles. The number of aryl methyl sites for hydroxylation is 1. The minimum absolute atomic E-state index is 0.0993. The first-order valence-corrected chi connectivity index (χ1v) is 8.06. The van der Waals surface area contributed by atoms with Gasteiger partial charge in [-0.3, -0.25) is 14.8 Å². The van der Waals surface area contributed by atoms with Gasteiger partial charge < -0.3 is 4.74 Å². The van der Waals surface area contributed by atoms with Crippen molar-refractivity contribution < 1.29 is 9.53 Å². The van der Waals surface area contributed by atoms with E-state index in [4.69, 9.17) is 4.74 Å². The molecular formula is C19H15N5O2. The van der Waals surface area contributed by atoms with Gasteiger partial charge >= 0.3 is 0 Å². The number of rotatable bonds is 5. The van der Waals surface area contributed by atoms with Crippen LogP contribution in [0.3, 0.4) is 0 Å². The summed E-state index contributed by atoms with van der Waals surface area (Å²) >= 11 is 0. The van der Waals surface area contributed by atoms with Gasteiger partial charge in [0.1, 0.15) is 17.8 Å². The lowest BCUT2D eigenvalue weighted by Gasteiger charge is -2.08. The van der Waals surface area contributed by atoms with E-state index in [-0.39, 0.29) is 12.2 Å². The maximum Gasteiger partial charge on any atom is 0.172 e. The highest BCUT2D eigenvalue weighted by molar-refractivity contribution is 6.02. The van der Waals surface area contributed by atoms with Crippen LogP contribution in [0.25, 0.3) is 5.65 Å². The Morgan fingerprint density at radius 3 is 2.92 bits per heavy atom. The number of hydrogen-bond donors (Lipinski definition) is 0. The third kappa shape index (κ3) is 3.27. The van der Waals surface area contributed by atoms with Crippen LogP contribution in [-0.4, -0.2) is 30.3 Å². The normalized spacial score (nSPS) is 10.8. The Hall–Kier alpha value is -3.61. The average Bonchev–Trinajstić information content (AvgIpc) is 3.10. The van der Waals surface area contributed by atoms with Gasteiger partial charge in [-0.2, -0.15) is 5.10 Å². The molecule has 0 unspecified atom stereocenters. The smallest absolute Gasteiger partial charge is 0.172 e. The zero-order chi connectivity index (χ0) is 17.9. The summed E-state index contributed by atoms with van der Waals surface area (Å²) in [6.07, 6.45) is 6.53. The van der Waals surface area contributed by atoms with Crippen LogP contribution in [0.4, 0.5) is 0 Å². The van der Waals surface area contributed by atoms with Gasteiger partial charge in [-0.05, 0) is 37.3 Å². The number of hydrogen-bond acceptors (Lipinski definition) is 6. The number of Topliss-reactive ketones (excluding diaryl/α,β-unsaturated/α-hetero) is 1. The molecule has 7 heteroatoms. The van der Waals surface area contributed by atoms with Crippen molar-refractivity contribution in [2.45, 2.75) is 13.3 Å². The summed E-state index contributed by atoms with van der Waals surface area (Å²) < 4.78 is 7.33. The van der Waals surface area contributed by atoms with E-state index in [1.165, 1.54) is 10.8 Å². The molecule has 0 aromatic carbocycles. The van der Waals surface area contributed by atoms with Crippen molar-refractivity contribution in [2.24, 2.45) is 0 Å².